The van der Waals surface area contributed by atoms with Crippen LogP contribution < -0.4 is 10.2 Å². The number of furan rings is 1. The van der Waals surface area contributed by atoms with Gasteiger partial charge in [-0.2, -0.15) is 0 Å². The zero-order valence-corrected chi connectivity index (χ0v) is 14.7. The smallest absolute Gasteiger partial charge is 0.287 e. The van der Waals surface area contributed by atoms with Gasteiger partial charge >= 0.3 is 0 Å². The van der Waals surface area contributed by atoms with Crippen LogP contribution in [0.1, 0.15) is 29.1 Å². The predicted octanol–water partition coefficient (Wildman–Crippen LogP) is 1.76. The number of aryl methyl sites for hydroxylation is 2. The Hall–Kier alpha value is -3.16. The number of nitrogens with zero attached hydrogens (tertiary/aromatic N) is 5. The maximum absolute atomic E-state index is 12.4. The number of rotatable bonds is 4. The van der Waals surface area contributed by atoms with Gasteiger partial charge in [0.1, 0.15) is 23.7 Å². The first kappa shape index (κ1) is 16.3. The van der Waals surface area contributed by atoms with Gasteiger partial charge in [-0.05, 0) is 19.1 Å². The molecule has 1 aliphatic heterocycles. The van der Waals surface area contributed by atoms with E-state index in [1.165, 1.54) is 0 Å². The minimum Gasteiger partial charge on any atom is -0.456 e. The Kier molecular flexibility index (Phi) is 4.16. The van der Waals surface area contributed by atoms with E-state index in [9.17, 15) is 4.79 Å². The van der Waals surface area contributed by atoms with Crippen LogP contribution in [0, 0.1) is 6.92 Å². The number of anilines is 1. The molecule has 1 aliphatic rings. The van der Waals surface area contributed by atoms with Gasteiger partial charge in [0.15, 0.2) is 11.4 Å². The van der Waals surface area contributed by atoms with Gasteiger partial charge in [-0.15, -0.1) is 10.2 Å². The quantitative estimate of drug-likeness (QED) is 0.720. The summed E-state index contributed by atoms with van der Waals surface area (Å²) in [4.78, 5) is 19.1. The molecule has 0 bridgehead atoms. The minimum absolute atomic E-state index is 0.123. The Bertz CT molecular complexity index is 973. The molecule has 0 aliphatic carbocycles. The molecular weight excluding hydrogens is 332 g/mol. The van der Waals surface area contributed by atoms with Gasteiger partial charge in [-0.25, -0.2) is 4.98 Å². The molecule has 3 aromatic rings. The lowest BCUT2D eigenvalue weighted by Gasteiger charge is -2.30. The average Bonchev–Trinajstić information content (AvgIpc) is 3.31. The molecule has 8 nitrogen and oxygen atoms in total. The first-order valence-corrected chi connectivity index (χ1v) is 8.62. The van der Waals surface area contributed by atoms with Gasteiger partial charge < -0.3 is 14.6 Å². The van der Waals surface area contributed by atoms with Gasteiger partial charge in [0.2, 0.25) is 0 Å². The SMILES string of the molecule is CCc1ccc(C(=O)NC2C=CCN(c3cc4nncn4c(C)n3)C2)o1. The van der Waals surface area contributed by atoms with Crippen molar-refractivity contribution in [3.8, 4) is 0 Å². The third kappa shape index (κ3) is 3.05. The largest absolute Gasteiger partial charge is 0.456 e. The number of fused-ring (bicyclic) bond motifs is 1. The molecule has 134 valence electrons. The zero-order chi connectivity index (χ0) is 18.1. The monoisotopic (exact) mass is 352 g/mol. The Morgan fingerprint density at radius 2 is 2.31 bits per heavy atom. The van der Waals surface area contributed by atoms with Crippen molar-refractivity contribution >= 4 is 17.4 Å². The lowest BCUT2D eigenvalue weighted by molar-refractivity contribution is 0.0915. The highest BCUT2D eigenvalue weighted by molar-refractivity contribution is 5.91. The molecule has 4 rings (SSSR count). The molecule has 0 saturated carbocycles. The Labute approximate surface area is 150 Å². The highest BCUT2D eigenvalue weighted by Gasteiger charge is 2.21. The van der Waals surface area contributed by atoms with Crippen LogP contribution in [0.4, 0.5) is 5.82 Å². The molecule has 1 N–H and O–H groups in total. The fraction of sp³-hybridized carbons (Fsp3) is 0.333. The first-order chi connectivity index (χ1) is 12.6. The molecule has 1 unspecified atom stereocenters. The molecular formula is C18H20N6O2. The predicted molar refractivity (Wildman–Crippen MR) is 96.2 cm³/mol. The summed E-state index contributed by atoms with van der Waals surface area (Å²) in [5.74, 6) is 2.57. The summed E-state index contributed by atoms with van der Waals surface area (Å²) in [6.07, 6.45) is 6.44. The summed E-state index contributed by atoms with van der Waals surface area (Å²) in [6, 6.07) is 5.32. The van der Waals surface area contributed by atoms with Crippen molar-refractivity contribution in [1.29, 1.82) is 0 Å². The van der Waals surface area contributed by atoms with Crippen molar-refractivity contribution in [2.24, 2.45) is 0 Å². The second kappa shape index (κ2) is 6.62. The van der Waals surface area contributed by atoms with Crippen molar-refractivity contribution in [2.75, 3.05) is 18.0 Å². The van der Waals surface area contributed by atoms with Crippen LogP contribution >= 0.6 is 0 Å². The number of carbonyl (C=O) groups excluding carboxylic acids is 1. The van der Waals surface area contributed by atoms with Crippen molar-refractivity contribution in [1.82, 2.24) is 24.9 Å². The van der Waals surface area contributed by atoms with E-state index >= 15 is 0 Å². The molecule has 0 radical (unpaired) electrons. The number of hydrogen-bond acceptors (Lipinski definition) is 6. The Morgan fingerprint density at radius 1 is 1.42 bits per heavy atom. The van der Waals surface area contributed by atoms with E-state index in [4.69, 9.17) is 4.42 Å². The third-order valence-electron chi connectivity index (χ3n) is 4.44. The number of carbonyl (C=O) groups is 1. The molecule has 3 aromatic heterocycles. The van der Waals surface area contributed by atoms with E-state index in [-0.39, 0.29) is 11.9 Å². The van der Waals surface area contributed by atoms with Crippen LogP contribution in [0.3, 0.4) is 0 Å². The molecule has 1 atom stereocenters. The van der Waals surface area contributed by atoms with Crippen molar-refractivity contribution in [2.45, 2.75) is 26.3 Å². The maximum atomic E-state index is 12.4. The van der Waals surface area contributed by atoms with Gasteiger partial charge in [0.25, 0.3) is 5.91 Å². The Morgan fingerprint density at radius 3 is 3.12 bits per heavy atom. The Balaban J connectivity index is 1.49. The fourth-order valence-electron chi connectivity index (χ4n) is 3.06. The highest BCUT2D eigenvalue weighted by Crippen LogP contribution is 2.18. The highest BCUT2D eigenvalue weighted by atomic mass is 16.3. The molecule has 0 fully saturated rings. The van der Waals surface area contributed by atoms with Crippen molar-refractivity contribution in [3.05, 3.63) is 54.0 Å². The lowest BCUT2D eigenvalue weighted by atomic mass is 10.1. The summed E-state index contributed by atoms with van der Waals surface area (Å²) >= 11 is 0. The first-order valence-electron chi connectivity index (χ1n) is 8.62. The van der Waals surface area contributed by atoms with Crippen LogP contribution in [0.5, 0.6) is 0 Å². The molecule has 0 aromatic carbocycles. The van der Waals surface area contributed by atoms with Gasteiger partial charge in [0.05, 0.1) is 6.04 Å². The topological polar surface area (TPSA) is 88.6 Å². The van der Waals surface area contributed by atoms with Crippen molar-refractivity contribution < 1.29 is 9.21 Å². The maximum Gasteiger partial charge on any atom is 0.287 e. The van der Waals surface area contributed by atoms with Gasteiger partial charge in [-0.1, -0.05) is 19.1 Å². The molecule has 0 saturated heterocycles. The average molecular weight is 352 g/mol. The molecule has 0 spiro atoms. The molecule has 8 heteroatoms. The number of aromatic nitrogens is 4. The van der Waals surface area contributed by atoms with E-state index in [0.29, 0.717) is 12.3 Å². The van der Waals surface area contributed by atoms with Crippen LogP contribution in [-0.4, -0.2) is 44.6 Å². The van der Waals surface area contributed by atoms with Crippen LogP contribution in [0.2, 0.25) is 0 Å². The van der Waals surface area contributed by atoms with Gasteiger partial charge in [-0.3, -0.25) is 9.20 Å². The van der Waals surface area contributed by atoms with E-state index in [2.05, 4.69) is 25.4 Å². The summed E-state index contributed by atoms with van der Waals surface area (Å²) in [7, 11) is 0. The third-order valence-corrected chi connectivity index (χ3v) is 4.44. The summed E-state index contributed by atoms with van der Waals surface area (Å²) in [5.41, 5.74) is 0.755. The summed E-state index contributed by atoms with van der Waals surface area (Å²) in [6.45, 7) is 5.26. The summed E-state index contributed by atoms with van der Waals surface area (Å²) in [5, 5.41) is 11.0. The van der Waals surface area contributed by atoms with E-state index in [1.807, 2.05) is 42.5 Å². The standard InChI is InChI=1S/C18H20N6O2/c1-3-14-6-7-15(26-14)18(25)21-13-5-4-8-23(10-13)16-9-17-22-19-11-24(17)12(2)20-16/h4-7,9,11,13H,3,8,10H2,1-2H3,(H,21,25). The van der Waals surface area contributed by atoms with E-state index in [1.54, 1.807) is 12.4 Å². The van der Waals surface area contributed by atoms with Crippen molar-refractivity contribution in [3.63, 3.8) is 0 Å². The molecule has 4 heterocycles. The number of amides is 1. The number of nitrogens with one attached hydrogen (secondary N) is 1. The van der Waals surface area contributed by atoms with Crippen LogP contribution in [0.25, 0.3) is 5.65 Å². The van der Waals surface area contributed by atoms with Gasteiger partial charge in [0, 0.05) is 25.6 Å². The van der Waals surface area contributed by atoms with E-state index < -0.39 is 0 Å². The van der Waals surface area contributed by atoms with Crippen LogP contribution in [0.15, 0.2) is 41.1 Å². The van der Waals surface area contributed by atoms with Crippen LogP contribution in [-0.2, 0) is 6.42 Å². The van der Waals surface area contributed by atoms with E-state index in [0.717, 1.165) is 36.0 Å². The normalized spacial score (nSPS) is 17.0. The second-order valence-electron chi connectivity index (χ2n) is 6.25. The molecule has 1 amide bonds. The zero-order valence-electron chi connectivity index (χ0n) is 14.7. The minimum atomic E-state index is -0.210. The second-order valence-corrected chi connectivity index (χ2v) is 6.25. The summed E-state index contributed by atoms with van der Waals surface area (Å²) < 4.78 is 7.36. The number of hydrogen-bond donors (Lipinski definition) is 1. The molecule has 26 heavy (non-hydrogen) atoms. The fourth-order valence-corrected chi connectivity index (χ4v) is 3.06. The lowest BCUT2D eigenvalue weighted by Crippen LogP contribution is -2.45.